The van der Waals surface area contributed by atoms with Gasteiger partial charge in [-0.25, -0.2) is 4.98 Å². The smallest absolute Gasteiger partial charge is 0.259 e. The third kappa shape index (κ3) is 7.28. The molecule has 9 rings (SSSR count). The minimum absolute atomic E-state index is 0.0777. The van der Waals surface area contributed by atoms with Gasteiger partial charge in [0.1, 0.15) is 5.15 Å². The molecule has 0 radical (unpaired) electrons. The van der Waals surface area contributed by atoms with E-state index >= 15 is 0 Å². The fraction of sp³-hybridized carbons (Fsp3) is 0.523. The van der Waals surface area contributed by atoms with E-state index in [0.29, 0.717) is 41.2 Å². The van der Waals surface area contributed by atoms with E-state index in [1.54, 1.807) is 24.0 Å². The van der Waals surface area contributed by atoms with Gasteiger partial charge in [0, 0.05) is 73.9 Å². The van der Waals surface area contributed by atoms with Crippen LogP contribution in [0.25, 0.3) is 0 Å². The molecular weight excluding hydrogens is 698 g/mol. The van der Waals surface area contributed by atoms with Crippen LogP contribution in [0.4, 0.5) is 11.4 Å². The van der Waals surface area contributed by atoms with E-state index in [0.717, 1.165) is 85.4 Å². The lowest BCUT2D eigenvalue weighted by atomic mass is 9.78. The van der Waals surface area contributed by atoms with Crippen LogP contribution < -0.4 is 9.80 Å². The molecule has 1 aromatic heterocycles. The Hall–Kier alpha value is -4.24. The quantitative estimate of drug-likeness (QED) is 0.252. The van der Waals surface area contributed by atoms with Gasteiger partial charge >= 0.3 is 0 Å². The zero-order valence-corrected chi connectivity index (χ0v) is 32.2. The van der Waals surface area contributed by atoms with Crippen LogP contribution in [0.2, 0.25) is 5.15 Å². The number of hydrogen-bond acceptors (Lipinski definition) is 5. The van der Waals surface area contributed by atoms with Crippen LogP contribution in [0.5, 0.6) is 0 Å². The number of hydrogen-bond donors (Lipinski definition) is 0. The number of aromatic nitrogens is 1. The molecule has 5 heterocycles. The first-order chi connectivity index (χ1) is 26.3. The second kappa shape index (κ2) is 15.9. The molecule has 54 heavy (non-hydrogen) atoms. The second-order valence-corrected chi connectivity index (χ2v) is 16.6. The summed E-state index contributed by atoms with van der Waals surface area (Å²) >= 11 is 5.84. The van der Waals surface area contributed by atoms with Crippen LogP contribution in [0.1, 0.15) is 126 Å². The van der Waals surface area contributed by atoms with E-state index < -0.39 is 0 Å². The summed E-state index contributed by atoms with van der Waals surface area (Å²) in [4.78, 5) is 62.9. The fourth-order valence-electron chi connectivity index (χ4n) is 10.4. The number of anilines is 2. The van der Waals surface area contributed by atoms with Gasteiger partial charge < -0.3 is 19.6 Å². The molecule has 2 saturated heterocycles. The number of nitrogens with zero attached hydrogens (tertiary/aromatic N) is 5. The monoisotopic (exact) mass is 749 g/mol. The average Bonchev–Trinajstić information content (AvgIpc) is 3.84. The molecule has 2 saturated carbocycles. The predicted octanol–water partition coefficient (Wildman–Crippen LogP) is 8.12. The number of piperidine rings is 2. The van der Waals surface area contributed by atoms with Gasteiger partial charge in [0.2, 0.25) is 5.91 Å². The number of pyridine rings is 1. The van der Waals surface area contributed by atoms with E-state index in [9.17, 15) is 19.2 Å². The first kappa shape index (κ1) is 36.7. The van der Waals surface area contributed by atoms with Crippen LogP contribution in [0.15, 0.2) is 54.7 Å². The molecule has 2 aliphatic carbocycles. The van der Waals surface area contributed by atoms with E-state index in [1.165, 1.54) is 64.0 Å². The van der Waals surface area contributed by atoms with Crippen molar-refractivity contribution in [2.45, 2.75) is 109 Å². The van der Waals surface area contributed by atoms with Crippen molar-refractivity contribution in [2.24, 2.45) is 11.8 Å². The maximum atomic E-state index is 13.3. The fourth-order valence-corrected chi connectivity index (χ4v) is 10.5. The van der Waals surface area contributed by atoms with Crippen molar-refractivity contribution in [2.75, 3.05) is 36.0 Å². The van der Waals surface area contributed by atoms with Crippen LogP contribution in [-0.4, -0.2) is 76.7 Å². The number of likely N-dealkylation sites (tertiary alicyclic amines) is 2. The Morgan fingerprint density at radius 1 is 0.574 bits per heavy atom. The molecule has 4 atom stereocenters. The van der Waals surface area contributed by atoms with Gasteiger partial charge in [0.25, 0.3) is 17.7 Å². The van der Waals surface area contributed by atoms with Crippen molar-refractivity contribution < 1.29 is 19.2 Å². The van der Waals surface area contributed by atoms with E-state index in [-0.39, 0.29) is 23.6 Å². The maximum Gasteiger partial charge on any atom is 0.259 e. The van der Waals surface area contributed by atoms with Gasteiger partial charge in [0.05, 0.1) is 5.56 Å². The van der Waals surface area contributed by atoms with Gasteiger partial charge in [0.15, 0.2) is 0 Å². The van der Waals surface area contributed by atoms with Crippen molar-refractivity contribution >= 4 is 46.6 Å². The number of amides is 4. The summed E-state index contributed by atoms with van der Waals surface area (Å²) in [5.41, 5.74) is 6.13. The summed E-state index contributed by atoms with van der Waals surface area (Å²) in [7, 11) is 0. The highest BCUT2D eigenvalue weighted by Gasteiger charge is 2.38. The Morgan fingerprint density at radius 2 is 1.06 bits per heavy atom. The summed E-state index contributed by atoms with van der Waals surface area (Å²) < 4.78 is 0. The Kier molecular flexibility index (Phi) is 10.8. The Balaban J connectivity index is 0.000000157. The Bertz CT molecular complexity index is 1910. The van der Waals surface area contributed by atoms with Gasteiger partial charge in [-0.3, -0.25) is 19.2 Å². The van der Waals surface area contributed by atoms with E-state index in [4.69, 9.17) is 11.6 Å². The molecule has 3 aromatic rings. The molecule has 4 aliphatic heterocycles. The molecule has 0 unspecified atom stereocenters. The van der Waals surface area contributed by atoms with Crippen molar-refractivity contribution in [3.05, 3.63) is 87.7 Å². The number of carbonyl (C=O) groups excluding carboxylic acids is 4. The zero-order chi connectivity index (χ0) is 37.3. The van der Waals surface area contributed by atoms with Gasteiger partial charge in [-0.05, 0) is 136 Å². The van der Waals surface area contributed by atoms with E-state index in [1.807, 2.05) is 41.3 Å². The molecule has 9 nitrogen and oxygen atoms in total. The average molecular weight is 750 g/mol. The number of halogens is 1. The molecule has 4 fully saturated rings. The first-order valence-corrected chi connectivity index (χ1v) is 20.7. The lowest BCUT2D eigenvalue weighted by Crippen LogP contribution is -2.49. The number of rotatable bonds is 3. The van der Waals surface area contributed by atoms with Crippen molar-refractivity contribution in [3.63, 3.8) is 0 Å². The maximum absolute atomic E-state index is 13.3. The number of carbonyl (C=O) groups is 4. The summed E-state index contributed by atoms with van der Waals surface area (Å²) in [5.74, 6) is 1.72. The summed E-state index contributed by atoms with van der Waals surface area (Å²) in [6.07, 6.45) is 17.9. The third-order valence-electron chi connectivity index (χ3n) is 13.1. The van der Waals surface area contributed by atoms with Crippen LogP contribution in [-0.2, 0) is 17.6 Å². The van der Waals surface area contributed by atoms with Gasteiger partial charge in [-0.2, -0.15) is 0 Å². The second-order valence-electron chi connectivity index (χ2n) is 16.2. The lowest BCUT2D eigenvalue weighted by molar-refractivity contribution is -0.116. The van der Waals surface area contributed by atoms with Crippen LogP contribution >= 0.6 is 11.6 Å². The minimum atomic E-state index is -0.0851. The molecule has 284 valence electrons. The molecular formula is C44H52ClN5O4. The van der Waals surface area contributed by atoms with Gasteiger partial charge in [-0.1, -0.05) is 37.3 Å². The van der Waals surface area contributed by atoms with Crippen LogP contribution in [0.3, 0.4) is 0 Å². The highest BCUT2D eigenvalue weighted by Crippen LogP contribution is 2.39. The van der Waals surface area contributed by atoms with Crippen molar-refractivity contribution in [3.8, 4) is 0 Å². The summed E-state index contributed by atoms with van der Waals surface area (Å²) in [5, 5.41) is 0.370. The summed E-state index contributed by atoms with van der Waals surface area (Å²) in [6.45, 7) is 4.71. The third-order valence-corrected chi connectivity index (χ3v) is 13.3. The number of fused-ring (bicyclic) bond motifs is 4. The number of benzene rings is 2. The molecule has 10 heteroatoms. The predicted molar refractivity (Wildman–Crippen MR) is 211 cm³/mol. The largest absolute Gasteiger partial charge is 0.335 e. The Morgan fingerprint density at radius 3 is 1.57 bits per heavy atom. The molecule has 0 N–H and O–H groups in total. The van der Waals surface area contributed by atoms with Crippen LogP contribution in [0, 0.1) is 11.8 Å². The molecule has 6 aliphatic rings. The highest BCUT2D eigenvalue weighted by atomic mass is 35.5. The topological polar surface area (TPSA) is 94.1 Å². The molecule has 0 spiro atoms. The first-order valence-electron chi connectivity index (χ1n) is 20.4. The van der Waals surface area contributed by atoms with E-state index in [2.05, 4.69) is 14.8 Å². The summed E-state index contributed by atoms with van der Waals surface area (Å²) in [6, 6.07) is 15.9. The molecule has 0 bridgehead atoms. The molecule has 4 amide bonds. The lowest BCUT2D eigenvalue weighted by Gasteiger charge is -2.44. The Labute approximate surface area is 324 Å². The zero-order valence-electron chi connectivity index (χ0n) is 31.5. The molecule has 2 aromatic carbocycles. The standard InChI is InChI=1S/C24H26ClN3O2.C20H26N2O2/c25-22-10-8-19(15-26-22)24(30)28-13-11-17-14-18(7-9-21(17)28)23(29)27-12-3-5-16-4-1-2-6-20(16)27;1-14(23)21-12-10-16-13-17(8-9-19(16)21)20(24)22-11-4-6-15-5-2-3-7-18(15)22/h7-10,14-16,20H,1-6,11-13H2;8-9,13,15,18H,2-7,10-12H2,1H3/t16-,20-;15-,18-/m11/s1. The normalized spacial score (nSPS) is 24.4. The van der Waals surface area contributed by atoms with Gasteiger partial charge in [-0.15, -0.1) is 0 Å². The van der Waals surface area contributed by atoms with Crippen molar-refractivity contribution in [1.29, 1.82) is 0 Å². The SMILES string of the molecule is CC(=O)N1CCc2cc(C(=O)N3CCC[C@H]4CCCC[C@H]43)ccc21.O=C(c1ccc(Cl)nc1)N1CCc2cc(C(=O)N3CCC[C@H]4CCCC[C@H]43)ccc21. The highest BCUT2D eigenvalue weighted by molar-refractivity contribution is 6.29. The van der Waals surface area contributed by atoms with Crippen molar-refractivity contribution in [1.82, 2.24) is 14.8 Å². The minimum Gasteiger partial charge on any atom is -0.335 e.